The molecule has 5 heteroatoms. The lowest BCUT2D eigenvalue weighted by atomic mass is 10.2. The molecule has 0 unspecified atom stereocenters. The quantitative estimate of drug-likeness (QED) is 0.834. The third kappa shape index (κ3) is 4.36. The van der Waals surface area contributed by atoms with E-state index in [0.717, 1.165) is 4.90 Å². The van der Waals surface area contributed by atoms with E-state index >= 15 is 0 Å². The van der Waals surface area contributed by atoms with Gasteiger partial charge in [-0.1, -0.05) is 24.3 Å². The first-order valence-corrected chi connectivity index (χ1v) is 7.36. The first-order chi connectivity index (χ1) is 10.1. The summed E-state index contributed by atoms with van der Waals surface area (Å²) in [5.41, 5.74) is 6.16. The van der Waals surface area contributed by atoms with Crippen molar-refractivity contribution in [2.75, 3.05) is 5.32 Å². The van der Waals surface area contributed by atoms with Gasteiger partial charge in [0.25, 0.3) is 0 Å². The predicted octanol–water partition coefficient (Wildman–Crippen LogP) is 2.90. The van der Waals surface area contributed by atoms with Crippen molar-refractivity contribution >= 4 is 29.3 Å². The van der Waals surface area contributed by atoms with Crippen molar-refractivity contribution in [1.82, 2.24) is 0 Å². The summed E-state index contributed by atoms with van der Waals surface area (Å²) >= 11 is 1.48. The fourth-order valence-corrected chi connectivity index (χ4v) is 2.64. The van der Waals surface area contributed by atoms with E-state index in [1.165, 1.54) is 11.8 Å². The van der Waals surface area contributed by atoms with Crippen molar-refractivity contribution in [3.05, 3.63) is 60.2 Å². The van der Waals surface area contributed by atoms with Crippen LogP contribution in [0.25, 0.3) is 0 Å². The molecule has 3 N–H and O–H groups in total. The summed E-state index contributed by atoms with van der Waals surface area (Å²) in [6.45, 7) is 1.84. The van der Waals surface area contributed by atoms with Gasteiger partial charge in [-0.3, -0.25) is 9.59 Å². The van der Waals surface area contributed by atoms with E-state index in [2.05, 4.69) is 5.32 Å². The molecule has 0 heterocycles. The minimum Gasteiger partial charge on any atom is -0.366 e. The number of rotatable bonds is 5. The maximum absolute atomic E-state index is 12.1. The molecule has 108 valence electrons. The molecular formula is C16H16N2O2S. The molecule has 0 fully saturated rings. The lowest BCUT2D eigenvalue weighted by Gasteiger charge is -2.12. The SMILES string of the molecule is C[C@H](Sc1ccccc1)C(=O)Nc1cccc(C(N)=O)c1. The van der Waals surface area contributed by atoms with Crippen LogP contribution in [0.4, 0.5) is 5.69 Å². The van der Waals surface area contributed by atoms with Crippen molar-refractivity contribution in [3.63, 3.8) is 0 Å². The number of anilines is 1. The smallest absolute Gasteiger partial charge is 0.248 e. The van der Waals surface area contributed by atoms with E-state index in [-0.39, 0.29) is 11.2 Å². The molecule has 2 amide bonds. The maximum atomic E-state index is 12.1. The van der Waals surface area contributed by atoms with Crippen molar-refractivity contribution in [1.29, 1.82) is 0 Å². The monoisotopic (exact) mass is 300 g/mol. The normalized spacial score (nSPS) is 11.7. The molecule has 2 rings (SSSR count). The van der Waals surface area contributed by atoms with E-state index in [1.807, 2.05) is 37.3 Å². The number of hydrogen-bond acceptors (Lipinski definition) is 3. The molecule has 2 aromatic carbocycles. The van der Waals surface area contributed by atoms with Crippen molar-refractivity contribution < 1.29 is 9.59 Å². The standard InChI is InChI=1S/C16H16N2O2S/c1-11(21-14-8-3-2-4-9-14)16(20)18-13-7-5-6-12(10-13)15(17)19/h2-11H,1H3,(H2,17,19)(H,18,20)/t11-/m0/s1. The molecule has 4 nitrogen and oxygen atoms in total. The molecular weight excluding hydrogens is 284 g/mol. The highest BCUT2D eigenvalue weighted by atomic mass is 32.2. The average molecular weight is 300 g/mol. The Morgan fingerprint density at radius 1 is 1.10 bits per heavy atom. The Bertz CT molecular complexity index is 644. The van der Waals surface area contributed by atoms with Gasteiger partial charge in [-0.25, -0.2) is 0 Å². The van der Waals surface area contributed by atoms with Gasteiger partial charge in [-0.05, 0) is 37.3 Å². The second-order valence-electron chi connectivity index (χ2n) is 4.51. The van der Waals surface area contributed by atoms with Crippen LogP contribution in [0.2, 0.25) is 0 Å². The molecule has 0 aromatic heterocycles. The van der Waals surface area contributed by atoms with Gasteiger partial charge in [-0.15, -0.1) is 11.8 Å². The lowest BCUT2D eigenvalue weighted by Crippen LogP contribution is -2.22. The summed E-state index contributed by atoms with van der Waals surface area (Å²) in [7, 11) is 0. The maximum Gasteiger partial charge on any atom is 0.248 e. The lowest BCUT2D eigenvalue weighted by molar-refractivity contribution is -0.115. The summed E-state index contributed by atoms with van der Waals surface area (Å²) in [5, 5.41) is 2.54. The summed E-state index contributed by atoms with van der Waals surface area (Å²) in [6, 6.07) is 16.3. The fraction of sp³-hybridized carbons (Fsp3) is 0.125. The Hall–Kier alpha value is -2.27. The van der Waals surface area contributed by atoms with Crippen LogP contribution in [-0.4, -0.2) is 17.1 Å². The molecule has 0 aliphatic carbocycles. The van der Waals surface area contributed by atoms with Gasteiger partial charge in [0, 0.05) is 16.1 Å². The highest BCUT2D eigenvalue weighted by Crippen LogP contribution is 2.23. The van der Waals surface area contributed by atoms with Crippen LogP contribution in [-0.2, 0) is 4.79 Å². The molecule has 21 heavy (non-hydrogen) atoms. The molecule has 0 aliphatic rings. The minimum atomic E-state index is -0.516. The minimum absolute atomic E-state index is 0.120. The van der Waals surface area contributed by atoms with Gasteiger partial charge in [0.1, 0.15) is 0 Å². The number of nitrogens with one attached hydrogen (secondary N) is 1. The Kier molecular flexibility index (Phi) is 5.00. The Balaban J connectivity index is 2.00. The molecule has 0 bridgehead atoms. The largest absolute Gasteiger partial charge is 0.366 e. The number of hydrogen-bond donors (Lipinski definition) is 2. The van der Waals surface area contributed by atoms with Crippen LogP contribution in [0.3, 0.4) is 0 Å². The zero-order chi connectivity index (χ0) is 15.2. The van der Waals surface area contributed by atoms with Crippen LogP contribution in [0.15, 0.2) is 59.5 Å². The average Bonchev–Trinajstić information content (AvgIpc) is 2.48. The highest BCUT2D eigenvalue weighted by molar-refractivity contribution is 8.00. The molecule has 1 atom stereocenters. The van der Waals surface area contributed by atoms with Gasteiger partial charge in [0.2, 0.25) is 11.8 Å². The first kappa shape index (κ1) is 15.1. The third-order valence-corrected chi connectivity index (χ3v) is 3.95. The zero-order valence-corrected chi connectivity index (χ0v) is 12.4. The topological polar surface area (TPSA) is 72.2 Å². The van der Waals surface area contributed by atoms with Crippen molar-refractivity contribution in [2.24, 2.45) is 5.73 Å². The third-order valence-electron chi connectivity index (χ3n) is 2.84. The number of carbonyl (C=O) groups is 2. The summed E-state index contributed by atoms with van der Waals surface area (Å²) in [6.07, 6.45) is 0. The molecule has 0 spiro atoms. The molecule has 0 aliphatic heterocycles. The van der Waals surface area contributed by atoms with Gasteiger partial charge >= 0.3 is 0 Å². The zero-order valence-electron chi connectivity index (χ0n) is 11.6. The van der Waals surface area contributed by atoms with E-state index in [9.17, 15) is 9.59 Å². The Labute approximate surface area is 127 Å². The number of nitrogens with two attached hydrogens (primary N) is 1. The van der Waals surface area contributed by atoms with Crippen LogP contribution >= 0.6 is 11.8 Å². The number of primary amides is 1. The van der Waals surface area contributed by atoms with E-state index in [1.54, 1.807) is 24.3 Å². The summed E-state index contributed by atoms with van der Waals surface area (Å²) in [4.78, 5) is 24.3. The number of amides is 2. The Morgan fingerprint density at radius 2 is 1.81 bits per heavy atom. The van der Waals surface area contributed by atoms with Gasteiger partial charge in [0.15, 0.2) is 0 Å². The summed E-state index contributed by atoms with van der Waals surface area (Å²) in [5.74, 6) is -0.636. The molecule has 2 aromatic rings. The van der Waals surface area contributed by atoms with Crippen molar-refractivity contribution in [3.8, 4) is 0 Å². The van der Waals surface area contributed by atoms with Crippen molar-refractivity contribution in [2.45, 2.75) is 17.1 Å². The number of carbonyl (C=O) groups excluding carboxylic acids is 2. The number of thioether (sulfide) groups is 1. The van der Waals surface area contributed by atoms with Gasteiger partial charge in [-0.2, -0.15) is 0 Å². The second-order valence-corrected chi connectivity index (χ2v) is 5.92. The van der Waals surface area contributed by atoms with Crippen LogP contribution in [0.1, 0.15) is 17.3 Å². The predicted molar refractivity (Wildman–Crippen MR) is 85.4 cm³/mol. The van der Waals surface area contributed by atoms with Gasteiger partial charge < -0.3 is 11.1 Å². The van der Waals surface area contributed by atoms with Crippen LogP contribution in [0.5, 0.6) is 0 Å². The summed E-state index contributed by atoms with van der Waals surface area (Å²) < 4.78 is 0. The second kappa shape index (κ2) is 6.95. The molecule has 0 saturated carbocycles. The van der Waals surface area contributed by atoms with E-state index in [0.29, 0.717) is 11.3 Å². The Morgan fingerprint density at radius 3 is 2.48 bits per heavy atom. The van der Waals surface area contributed by atoms with Crippen LogP contribution in [0, 0.1) is 0 Å². The fourth-order valence-electron chi connectivity index (χ4n) is 1.75. The van der Waals surface area contributed by atoms with E-state index < -0.39 is 5.91 Å². The first-order valence-electron chi connectivity index (χ1n) is 6.48. The highest BCUT2D eigenvalue weighted by Gasteiger charge is 2.14. The van der Waals surface area contributed by atoms with E-state index in [4.69, 9.17) is 5.73 Å². The van der Waals surface area contributed by atoms with Crippen LogP contribution < -0.4 is 11.1 Å². The molecule has 0 radical (unpaired) electrons. The number of benzene rings is 2. The molecule has 0 saturated heterocycles. The van der Waals surface area contributed by atoms with Gasteiger partial charge in [0.05, 0.1) is 5.25 Å².